The molecule has 5 aromatic rings. The first-order valence-electron chi connectivity index (χ1n) is 14.2. The minimum Gasteiger partial charge on any atom is -0.489 e. The second kappa shape index (κ2) is 14.8. The summed E-state index contributed by atoms with van der Waals surface area (Å²) in [5.41, 5.74) is 3.17. The van der Waals surface area contributed by atoms with Crippen molar-refractivity contribution in [2.24, 2.45) is 7.05 Å². The van der Waals surface area contributed by atoms with E-state index in [1.54, 1.807) is 47.5 Å². The molecule has 1 aliphatic rings. The highest BCUT2D eigenvalue weighted by Crippen LogP contribution is 2.19. The van der Waals surface area contributed by atoms with Crippen molar-refractivity contribution in [1.82, 2.24) is 34.4 Å². The Morgan fingerprint density at radius 1 is 0.933 bits per heavy atom. The van der Waals surface area contributed by atoms with Crippen LogP contribution >= 0.6 is 0 Å². The lowest BCUT2D eigenvalue weighted by Crippen LogP contribution is -2.38. The molecule has 3 aromatic heterocycles. The Hall–Kier alpha value is -4.76. The van der Waals surface area contributed by atoms with Gasteiger partial charge >= 0.3 is 0 Å². The van der Waals surface area contributed by atoms with Gasteiger partial charge in [-0.25, -0.2) is 14.6 Å². The number of morpholine rings is 1. The fourth-order valence-electron chi connectivity index (χ4n) is 4.50. The highest BCUT2D eigenvalue weighted by molar-refractivity contribution is 7.85. The van der Waals surface area contributed by atoms with Gasteiger partial charge in [-0.3, -0.25) is 18.9 Å². The van der Waals surface area contributed by atoms with Crippen molar-refractivity contribution < 1.29 is 22.4 Å². The molecule has 1 saturated heterocycles. The minimum atomic E-state index is -4.00. The van der Waals surface area contributed by atoms with Gasteiger partial charge in [0, 0.05) is 50.1 Å². The van der Waals surface area contributed by atoms with Gasteiger partial charge < -0.3 is 9.47 Å². The highest BCUT2D eigenvalue weighted by atomic mass is 32.2. The second-order valence-electron chi connectivity index (χ2n) is 10.2. The summed E-state index contributed by atoms with van der Waals surface area (Å²) in [5, 5.41) is 8.70. The van der Waals surface area contributed by atoms with E-state index >= 15 is 0 Å². The Labute approximate surface area is 260 Å². The summed E-state index contributed by atoms with van der Waals surface area (Å²) >= 11 is 0. The molecule has 45 heavy (non-hydrogen) atoms. The maximum atomic E-state index is 12.4. The molecule has 0 radical (unpaired) electrons. The van der Waals surface area contributed by atoms with Crippen LogP contribution in [0.25, 0.3) is 22.6 Å². The molecular formula is C31H33N7O6S. The van der Waals surface area contributed by atoms with E-state index < -0.39 is 10.1 Å². The van der Waals surface area contributed by atoms with Crippen LogP contribution in [-0.4, -0.2) is 86.9 Å². The SMILES string of the molecule is Cn1cc(-c2ccc(=O)n(Cc3cccc(-c4ncc(OCCN5CCOCC5)cn4)c3)n2)cn1.O=S(=O)(O)c1ccccc1. The van der Waals surface area contributed by atoms with Crippen LogP contribution in [0.1, 0.15) is 5.56 Å². The molecule has 0 spiro atoms. The molecule has 14 heteroatoms. The molecule has 2 aromatic carbocycles. The first-order valence-corrected chi connectivity index (χ1v) is 15.6. The number of benzene rings is 2. The Morgan fingerprint density at radius 3 is 2.36 bits per heavy atom. The van der Waals surface area contributed by atoms with Gasteiger partial charge in [0.25, 0.3) is 15.7 Å². The van der Waals surface area contributed by atoms with E-state index in [4.69, 9.17) is 14.0 Å². The Bertz CT molecular complexity index is 1860. The molecular weight excluding hydrogens is 598 g/mol. The van der Waals surface area contributed by atoms with E-state index in [2.05, 4.69) is 25.1 Å². The highest BCUT2D eigenvalue weighted by Gasteiger charge is 2.11. The van der Waals surface area contributed by atoms with Crippen LogP contribution in [0.3, 0.4) is 0 Å². The number of aryl methyl sites for hydroxylation is 1. The van der Waals surface area contributed by atoms with E-state index in [0.29, 0.717) is 30.4 Å². The lowest BCUT2D eigenvalue weighted by molar-refractivity contribution is 0.0322. The minimum absolute atomic E-state index is 0.0741. The van der Waals surface area contributed by atoms with Gasteiger partial charge in [-0.1, -0.05) is 36.4 Å². The predicted molar refractivity (Wildman–Crippen MR) is 166 cm³/mol. The summed E-state index contributed by atoms with van der Waals surface area (Å²) in [6.07, 6.45) is 6.98. The molecule has 0 amide bonds. The lowest BCUT2D eigenvalue weighted by atomic mass is 10.1. The van der Waals surface area contributed by atoms with Gasteiger partial charge in [-0.15, -0.1) is 0 Å². The fourth-order valence-corrected chi connectivity index (χ4v) is 5.00. The van der Waals surface area contributed by atoms with Crippen molar-refractivity contribution >= 4 is 10.1 Å². The van der Waals surface area contributed by atoms with Gasteiger partial charge in [-0.05, 0) is 29.8 Å². The van der Waals surface area contributed by atoms with E-state index in [1.165, 1.54) is 22.9 Å². The number of hydrogen-bond acceptors (Lipinski definition) is 10. The van der Waals surface area contributed by atoms with Crippen molar-refractivity contribution in [1.29, 1.82) is 0 Å². The molecule has 1 N–H and O–H groups in total. The summed E-state index contributed by atoms with van der Waals surface area (Å²) in [4.78, 5) is 23.6. The van der Waals surface area contributed by atoms with Gasteiger partial charge in [0.2, 0.25) is 0 Å². The topological polar surface area (TPSA) is 155 Å². The lowest BCUT2D eigenvalue weighted by Gasteiger charge is -2.26. The van der Waals surface area contributed by atoms with Crippen LogP contribution in [0.5, 0.6) is 5.75 Å². The van der Waals surface area contributed by atoms with Crippen molar-refractivity contribution in [3.8, 4) is 28.4 Å². The summed E-state index contributed by atoms with van der Waals surface area (Å²) in [6, 6.07) is 18.5. The van der Waals surface area contributed by atoms with E-state index in [-0.39, 0.29) is 10.5 Å². The zero-order chi connectivity index (χ0) is 31.6. The number of aromatic nitrogens is 6. The van der Waals surface area contributed by atoms with Crippen molar-refractivity contribution in [3.05, 3.63) is 107 Å². The maximum Gasteiger partial charge on any atom is 0.294 e. The smallest absolute Gasteiger partial charge is 0.294 e. The van der Waals surface area contributed by atoms with Gasteiger partial charge in [0.05, 0.1) is 48.9 Å². The predicted octanol–water partition coefficient (Wildman–Crippen LogP) is 2.79. The zero-order valence-corrected chi connectivity index (χ0v) is 25.5. The number of ether oxygens (including phenoxy) is 2. The number of hydrogen-bond donors (Lipinski definition) is 1. The first-order chi connectivity index (χ1) is 21.7. The van der Waals surface area contributed by atoms with Crippen LogP contribution in [0.2, 0.25) is 0 Å². The molecule has 4 heterocycles. The van der Waals surface area contributed by atoms with Crippen molar-refractivity contribution in [2.45, 2.75) is 11.4 Å². The second-order valence-corrected chi connectivity index (χ2v) is 11.6. The van der Waals surface area contributed by atoms with Gasteiger partial charge in [-0.2, -0.15) is 18.6 Å². The molecule has 0 saturated carbocycles. The van der Waals surface area contributed by atoms with Crippen LogP contribution < -0.4 is 10.3 Å². The molecule has 0 atom stereocenters. The molecule has 0 bridgehead atoms. The number of nitrogens with zero attached hydrogens (tertiary/aromatic N) is 7. The van der Waals surface area contributed by atoms with Crippen molar-refractivity contribution in [3.63, 3.8) is 0 Å². The molecule has 0 unspecified atom stereocenters. The van der Waals surface area contributed by atoms with Crippen LogP contribution in [0, 0.1) is 0 Å². The molecule has 6 rings (SSSR count). The average molecular weight is 632 g/mol. The van der Waals surface area contributed by atoms with E-state index in [0.717, 1.165) is 49.5 Å². The summed E-state index contributed by atoms with van der Waals surface area (Å²) < 4.78 is 43.6. The van der Waals surface area contributed by atoms with E-state index in [1.807, 2.05) is 37.5 Å². The maximum absolute atomic E-state index is 12.4. The zero-order valence-electron chi connectivity index (χ0n) is 24.6. The largest absolute Gasteiger partial charge is 0.489 e. The molecule has 1 aliphatic heterocycles. The quantitative estimate of drug-likeness (QED) is 0.239. The van der Waals surface area contributed by atoms with Crippen LogP contribution in [0.4, 0.5) is 0 Å². The molecule has 0 aliphatic carbocycles. The van der Waals surface area contributed by atoms with Crippen LogP contribution in [-0.2, 0) is 28.4 Å². The van der Waals surface area contributed by atoms with Gasteiger partial charge in [0.1, 0.15) is 6.61 Å². The van der Waals surface area contributed by atoms with E-state index in [9.17, 15) is 13.2 Å². The molecule has 13 nitrogen and oxygen atoms in total. The third kappa shape index (κ3) is 9.12. The fraction of sp³-hybridized carbons (Fsp3) is 0.258. The number of rotatable bonds is 9. The molecule has 1 fully saturated rings. The third-order valence-electron chi connectivity index (χ3n) is 6.83. The normalized spacial score (nSPS) is 13.6. The summed E-state index contributed by atoms with van der Waals surface area (Å²) in [6.45, 7) is 5.19. The first kappa shape index (κ1) is 31.7. The third-order valence-corrected chi connectivity index (χ3v) is 7.70. The summed E-state index contributed by atoms with van der Waals surface area (Å²) in [5.74, 6) is 1.23. The Balaban J connectivity index is 0.000000342. The average Bonchev–Trinajstić information content (AvgIpc) is 3.49. The Kier molecular flexibility index (Phi) is 10.4. The summed E-state index contributed by atoms with van der Waals surface area (Å²) in [7, 11) is -2.16. The van der Waals surface area contributed by atoms with Crippen LogP contribution in [0.15, 0.2) is 101 Å². The van der Waals surface area contributed by atoms with Gasteiger partial charge in [0.15, 0.2) is 11.6 Å². The molecule has 234 valence electrons. The standard InChI is InChI=1S/C25H27N7O3.C6H6O3S/c1-30-18-21(14-28-30)23-5-6-24(33)32(29-23)17-19-3-2-4-20(13-19)25-26-15-22(16-27-25)35-12-9-31-7-10-34-11-8-31;7-10(8,9)6-4-2-1-3-5-6/h2-6,13-16,18H,7-12,17H2,1H3;1-5H,(H,7,8,9). The van der Waals surface area contributed by atoms with Crippen molar-refractivity contribution in [2.75, 3.05) is 39.5 Å². The monoisotopic (exact) mass is 631 g/mol. The Morgan fingerprint density at radius 2 is 1.69 bits per heavy atom.